The van der Waals surface area contributed by atoms with E-state index in [-0.39, 0.29) is 17.8 Å². The number of ether oxygens (including phenoxy) is 2. The minimum absolute atomic E-state index is 0.249. The molecule has 5 nitrogen and oxygen atoms in total. The van der Waals surface area contributed by atoms with Crippen LogP contribution in [-0.4, -0.2) is 17.5 Å². The zero-order chi connectivity index (χ0) is 20.6. The number of aromatic nitrogens is 1. The molecule has 0 fully saturated rings. The molecule has 3 aromatic rings. The van der Waals surface area contributed by atoms with Crippen LogP contribution in [-0.2, 0) is 6.61 Å². The van der Waals surface area contributed by atoms with E-state index >= 15 is 0 Å². The summed E-state index contributed by atoms with van der Waals surface area (Å²) in [5, 5.41) is 2.91. The molecule has 150 valence electrons. The predicted octanol–water partition coefficient (Wildman–Crippen LogP) is 4.69. The van der Waals surface area contributed by atoms with Gasteiger partial charge in [0.2, 0.25) is 0 Å². The third-order valence-electron chi connectivity index (χ3n) is 4.34. The van der Waals surface area contributed by atoms with Gasteiger partial charge in [0, 0.05) is 23.5 Å². The maximum atomic E-state index is 13.1. The Morgan fingerprint density at radius 3 is 2.59 bits per heavy atom. The minimum atomic E-state index is -0.310. The van der Waals surface area contributed by atoms with Gasteiger partial charge < -0.3 is 14.8 Å². The van der Waals surface area contributed by atoms with Crippen molar-refractivity contribution in [2.75, 3.05) is 6.61 Å². The number of hydrogen-bond acceptors (Lipinski definition) is 4. The van der Waals surface area contributed by atoms with E-state index in [2.05, 4.69) is 10.3 Å². The number of nitrogens with one attached hydrogen (secondary N) is 1. The van der Waals surface area contributed by atoms with E-state index in [1.165, 1.54) is 12.1 Å². The van der Waals surface area contributed by atoms with Crippen LogP contribution in [0.15, 0.2) is 67.0 Å². The summed E-state index contributed by atoms with van der Waals surface area (Å²) in [5.41, 5.74) is 2.21. The van der Waals surface area contributed by atoms with Crippen LogP contribution in [0.25, 0.3) is 0 Å². The summed E-state index contributed by atoms with van der Waals surface area (Å²) in [6.45, 7) is 4.51. The van der Waals surface area contributed by atoms with Gasteiger partial charge in [0.15, 0.2) is 11.5 Å². The molecule has 1 heterocycles. The molecule has 29 heavy (non-hydrogen) atoms. The second-order valence-electron chi connectivity index (χ2n) is 6.49. The lowest BCUT2D eigenvalue weighted by Gasteiger charge is -2.16. The Labute approximate surface area is 169 Å². The Kier molecular flexibility index (Phi) is 6.79. The zero-order valence-corrected chi connectivity index (χ0v) is 16.4. The smallest absolute Gasteiger partial charge is 0.251 e. The van der Waals surface area contributed by atoms with E-state index in [4.69, 9.17) is 9.47 Å². The van der Waals surface area contributed by atoms with Crippen molar-refractivity contribution < 1.29 is 18.7 Å². The minimum Gasteiger partial charge on any atom is -0.490 e. The number of pyridine rings is 1. The Morgan fingerprint density at radius 1 is 1.10 bits per heavy atom. The van der Waals surface area contributed by atoms with Crippen molar-refractivity contribution in [3.63, 3.8) is 0 Å². The van der Waals surface area contributed by atoms with Gasteiger partial charge in [0.25, 0.3) is 5.91 Å². The van der Waals surface area contributed by atoms with E-state index < -0.39 is 0 Å². The molecule has 2 aromatic carbocycles. The van der Waals surface area contributed by atoms with Gasteiger partial charge >= 0.3 is 0 Å². The van der Waals surface area contributed by atoms with Crippen molar-refractivity contribution in [2.24, 2.45) is 0 Å². The molecule has 1 atom stereocenters. The van der Waals surface area contributed by atoms with E-state index in [9.17, 15) is 9.18 Å². The lowest BCUT2D eigenvalue weighted by atomic mass is 10.1. The molecule has 0 aliphatic heterocycles. The number of halogens is 1. The maximum Gasteiger partial charge on any atom is 0.251 e. The zero-order valence-electron chi connectivity index (χ0n) is 16.4. The summed E-state index contributed by atoms with van der Waals surface area (Å²) >= 11 is 0. The topological polar surface area (TPSA) is 60.5 Å². The number of carbonyl (C=O) groups is 1. The van der Waals surface area contributed by atoms with Crippen molar-refractivity contribution in [3.05, 3.63) is 89.5 Å². The molecule has 1 unspecified atom stereocenters. The molecule has 0 aliphatic carbocycles. The molecular weight excluding hydrogens is 371 g/mol. The van der Waals surface area contributed by atoms with Crippen LogP contribution in [0, 0.1) is 5.82 Å². The first-order valence-electron chi connectivity index (χ1n) is 9.41. The maximum absolute atomic E-state index is 13.1. The summed E-state index contributed by atoms with van der Waals surface area (Å²) in [4.78, 5) is 16.7. The van der Waals surface area contributed by atoms with Crippen LogP contribution >= 0.6 is 0 Å². The summed E-state index contributed by atoms with van der Waals surface area (Å²) < 4.78 is 24.6. The Morgan fingerprint density at radius 2 is 1.90 bits per heavy atom. The Bertz CT molecular complexity index is 946. The van der Waals surface area contributed by atoms with Gasteiger partial charge in [0.05, 0.1) is 12.6 Å². The molecule has 3 rings (SSSR count). The molecular formula is C23H23FN2O3. The molecule has 1 aromatic heterocycles. The fourth-order valence-corrected chi connectivity index (χ4v) is 2.80. The first-order valence-corrected chi connectivity index (χ1v) is 9.41. The molecule has 0 spiro atoms. The van der Waals surface area contributed by atoms with E-state index in [1.54, 1.807) is 42.7 Å². The van der Waals surface area contributed by atoms with Gasteiger partial charge in [-0.15, -0.1) is 0 Å². The highest BCUT2D eigenvalue weighted by Gasteiger charge is 2.15. The highest BCUT2D eigenvalue weighted by atomic mass is 19.1. The molecule has 0 saturated carbocycles. The van der Waals surface area contributed by atoms with Gasteiger partial charge in [-0.05, 0) is 55.8 Å². The summed E-state index contributed by atoms with van der Waals surface area (Å²) in [5.74, 6) is 0.495. The predicted molar refractivity (Wildman–Crippen MR) is 108 cm³/mol. The highest BCUT2D eigenvalue weighted by Crippen LogP contribution is 2.29. The summed E-state index contributed by atoms with van der Waals surface area (Å²) in [6, 6.07) is 14.6. The molecule has 0 bridgehead atoms. The summed E-state index contributed by atoms with van der Waals surface area (Å²) in [7, 11) is 0. The number of amides is 1. The van der Waals surface area contributed by atoms with E-state index in [0.29, 0.717) is 30.3 Å². The number of hydrogen-bond donors (Lipinski definition) is 1. The van der Waals surface area contributed by atoms with Gasteiger partial charge in [0.1, 0.15) is 12.4 Å². The van der Waals surface area contributed by atoms with Gasteiger partial charge in [-0.1, -0.05) is 18.2 Å². The van der Waals surface area contributed by atoms with Gasteiger partial charge in [-0.2, -0.15) is 0 Å². The molecule has 1 N–H and O–H groups in total. The largest absolute Gasteiger partial charge is 0.490 e. The number of nitrogens with zero attached hydrogens (tertiary/aromatic N) is 1. The lowest BCUT2D eigenvalue weighted by Crippen LogP contribution is -2.26. The van der Waals surface area contributed by atoms with Gasteiger partial charge in [-0.3, -0.25) is 9.78 Å². The van der Waals surface area contributed by atoms with Crippen molar-refractivity contribution in [2.45, 2.75) is 26.5 Å². The number of carbonyl (C=O) groups excluding carboxylic acids is 1. The molecule has 6 heteroatoms. The Balaban J connectivity index is 1.70. The number of rotatable bonds is 8. The quantitative estimate of drug-likeness (QED) is 0.602. The van der Waals surface area contributed by atoms with Gasteiger partial charge in [-0.25, -0.2) is 4.39 Å². The second-order valence-corrected chi connectivity index (χ2v) is 6.49. The van der Waals surface area contributed by atoms with Crippen molar-refractivity contribution in [1.82, 2.24) is 10.3 Å². The SMILES string of the molecule is CCOc1cc(C(=O)NC(C)c2ccc(F)cc2)ccc1OCc1cccnc1. The van der Waals surface area contributed by atoms with Crippen LogP contribution in [0.5, 0.6) is 11.5 Å². The van der Waals surface area contributed by atoms with Crippen LogP contribution < -0.4 is 14.8 Å². The molecule has 0 aliphatic rings. The fraction of sp³-hybridized carbons (Fsp3) is 0.217. The fourth-order valence-electron chi connectivity index (χ4n) is 2.80. The van der Waals surface area contributed by atoms with Crippen molar-refractivity contribution in [1.29, 1.82) is 0 Å². The van der Waals surface area contributed by atoms with Crippen LogP contribution in [0.2, 0.25) is 0 Å². The molecule has 0 saturated heterocycles. The van der Waals surface area contributed by atoms with E-state index in [0.717, 1.165) is 11.1 Å². The van der Waals surface area contributed by atoms with Crippen molar-refractivity contribution >= 4 is 5.91 Å². The standard InChI is InChI=1S/C23H23FN2O3/c1-3-28-22-13-19(8-11-21(22)29-15-17-5-4-12-25-14-17)23(27)26-16(2)18-6-9-20(24)10-7-18/h4-14,16H,3,15H2,1-2H3,(H,26,27). The first kappa shape index (κ1) is 20.3. The van der Waals surface area contributed by atoms with Crippen LogP contribution in [0.4, 0.5) is 4.39 Å². The second kappa shape index (κ2) is 9.68. The van der Waals surface area contributed by atoms with Crippen molar-refractivity contribution in [3.8, 4) is 11.5 Å². The average Bonchev–Trinajstić information content (AvgIpc) is 2.74. The van der Waals surface area contributed by atoms with Crippen LogP contribution in [0.1, 0.15) is 41.4 Å². The Hall–Kier alpha value is -3.41. The highest BCUT2D eigenvalue weighted by molar-refractivity contribution is 5.95. The molecule has 1 amide bonds. The van der Waals surface area contributed by atoms with E-state index in [1.807, 2.05) is 26.0 Å². The third-order valence-corrected chi connectivity index (χ3v) is 4.34. The average molecular weight is 394 g/mol. The number of benzene rings is 2. The monoisotopic (exact) mass is 394 g/mol. The molecule has 0 radical (unpaired) electrons. The third kappa shape index (κ3) is 5.54. The first-order chi connectivity index (χ1) is 14.1. The normalized spacial score (nSPS) is 11.6. The summed E-state index contributed by atoms with van der Waals surface area (Å²) in [6.07, 6.45) is 3.44. The lowest BCUT2D eigenvalue weighted by molar-refractivity contribution is 0.0939. The van der Waals surface area contributed by atoms with Crippen LogP contribution in [0.3, 0.4) is 0 Å².